The van der Waals surface area contributed by atoms with Crippen molar-refractivity contribution in [3.63, 3.8) is 0 Å². The van der Waals surface area contributed by atoms with Crippen LogP contribution in [0.15, 0.2) is 34.9 Å². The Balaban J connectivity index is 1.43. The van der Waals surface area contributed by atoms with E-state index in [0.29, 0.717) is 17.9 Å². The molecular formula is C25H24N2O4. The van der Waals surface area contributed by atoms with Gasteiger partial charge in [-0.25, -0.2) is 4.98 Å². The predicted molar refractivity (Wildman–Crippen MR) is 112 cm³/mol. The van der Waals surface area contributed by atoms with Gasteiger partial charge in [0.25, 0.3) is 0 Å². The number of benzene rings is 1. The second-order valence-corrected chi connectivity index (χ2v) is 10.2. The van der Waals surface area contributed by atoms with Gasteiger partial charge < -0.3 is 19.4 Å². The third kappa shape index (κ3) is 1.83. The first kappa shape index (κ1) is 17.0. The summed E-state index contributed by atoms with van der Waals surface area (Å²) in [6, 6.07) is 7.75. The van der Waals surface area contributed by atoms with Gasteiger partial charge in [-0.1, -0.05) is 6.07 Å². The fourth-order valence-electron chi connectivity index (χ4n) is 7.31. The molecule has 8 rings (SSSR count). The number of nitrogens with zero attached hydrogens (tertiary/aromatic N) is 2. The summed E-state index contributed by atoms with van der Waals surface area (Å²) in [4.78, 5) is 6.98. The van der Waals surface area contributed by atoms with E-state index < -0.39 is 17.1 Å². The summed E-state index contributed by atoms with van der Waals surface area (Å²) in [7, 11) is 0. The maximum Gasteiger partial charge on any atom is 0.226 e. The highest BCUT2D eigenvalue weighted by molar-refractivity contribution is 5.81. The Morgan fingerprint density at radius 3 is 3.00 bits per heavy atom. The van der Waals surface area contributed by atoms with Gasteiger partial charge in [-0.2, -0.15) is 0 Å². The summed E-state index contributed by atoms with van der Waals surface area (Å²) in [5.41, 5.74) is 2.25. The Labute approximate surface area is 179 Å². The van der Waals surface area contributed by atoms with Crippen LogP contribution in [0.3, 0.4) is 0 Å². The van der Waals surface area contributed by atoms with Crippen molar-refractivity contribution in [1.29, 1.82) is 0 Å². The minimum Gasteiger partial charge on any atom is -0.504 e. The van der Waals surface area contributed by atoms with Gasteiger partial charge in [-0.05, 0) is 61.9 Å². The number of ether oxygens (including phenoxy) is 1. The number of furan rings is 1. The Morgan fingerprint density at radius 1 is 1.23 bits per heavy atom. The van der Waals surface area contributed by atoms with Crippen LogP contribution >= 0.6 is 0 Å². The molecule has 3 aromatic rings. The third-order valence-electron chi connectivity index (χ3n) is 8.80. The summed E-state index contributed by atoms with van der Waals surface area (Å²) in [5, 5.41) is 24.3. The van der Waals surface area contributed by atoms with E-state index in [-0.39, 0.29) is 11.8 Å². The number of aliphatic hydroxyl groups is 1. The zero-order valence-corrected chi connectivity index (χ0v) is 17.2. The quantitative estimate of drug-likeness (QED) is 0.668. The minimum atomic E-state index is -0.976. The highest BCUT2D eigenvalue weighted by Crippen LogP contribution is 2.69. The molecule has 5 aliphatic rings. The molecule has 2 fully saturated rings. The SMILES string of the molecule is Oc1ccc2c3c1O[C@H]1c4oc5ncccc5c4C[C@@]4(O)C(C2)N(CC2CC2)CC[C@]314. The van der Waals surface area contributed by atoms with Gasteiger partial charge in [0.05, 0.1) is 11.0 Å². The van der Waals surface area contributed by atoms with E-state index in [4.69, 9.17) is 9.15 Å². The highest BCUT2D eigenvalue weighted by Gasteiger charge is 2.73. The van der Waals surface area contributed by atoms with Gasteiger partial charge in [0.2, 0.25) is 5.71 Å². The number of likely N-dealkylation sites (tertiary alicyclic amines) is 1. The molecule has 2 bridgehead atoms. The summed E-state index contributed by atoms with van der Waals surface area (Å²) in [5.74, 6) is 2.23. The fraction of sp³-hybridized carbons (Fsp3) is 0.480. The molecule has 1 unspecified atom stereocenters. The van der Waals surface area contributed by atoms with Crippen LogP contribution in [0, 0.1) is 5.92 Å². The van der Waals surface area contributed by atoms with Crippen LogP contribution in [0.2, 0.25) is 0 Å². The molecule has 6 heteroatoms. The average molecular weight is 416 g/mol. The van der Waals surface area contributed by atoms with Gasteiger partial charge in [0, 0.05) is 41.7 Å². The molecule has 0 amide bonds. The summed E-state index contributed by atoms with van der Waals surface area (Å²) in [6.45, 7) is 2.00. The van der Waals surface area contributed by atoms with E-state index >= 15 is 0 Å². The predicted octanol–water partition coefficient (Wildman–Crippen LogP) is 3.23. The molecule has 31 heavy (non-hydrogen) atoms. The molecule has 158 valence electrons. The molecule has 3 aliphatic carbocycles. The lowest BCUT2D eigenvalue weighted by Crippen LogP contribution is -2.74. The number of phenols is 1. The number of phenolic OH excluding ortho intramolecular Hbond substituents is 1. The fourth-order valence-corrected chi connectivity index (χ4v) is 7.31. The minimum absolute atomic E-state index is 0.0331. The van der Waals surface area contributed by atoms with Crippen molar-refractivity contribution in [2.75, 3.05) is 13.1 Å². The first-order chi connectivity index (χ1) is 15.1. The molecule has 1 saturated carbocycles. The van der Waals surface area contributed by atoms with Crippen molar-refractivity contribution < 1.29 is 19.4 Å². The van der Waals surface area contributed by atoms with Crippen LogP contribution < -0.4 is 4.74 Å². The van der Waals surface area contributed by atoms with Crippen LogP contribution in [0.5, 0.6) is 11.5 Å². The Bertz CT molecular complexity index is 1280. The number of aromatic nitrogens is 1. The van der Waals surface area contributed by atoms with Crippen molar-refractivity contribution in [2.24, 2.45) is 5.92 Å². The standard InChI is InChI=1S/C25H24N2O4/c28-17-6-5-14-10-18-25(29)11-16-15-2-1-8-26-23(15)31-20(16)22-24(25,19(14)21(17)30-22)7-9-27(18)12-13-3-4-13/h1-2,5-6,8,13,18,22,28-29H,3-4,7,9-12H2/t18?,22-,24-,25+/m0/s1. The normalized spacial score (nSPS) is 35.0. The van der Waals surface area contributed by atoms with E-state index in [0.717, 1.165) is 54.1 Å². The van der Waals surface area contributed by atoms with Gasteiger partial charge in [0.1, 0.15) is 0 Å². The zero-order valence-electron chi connectivity index (χ0n) is 17.2. The van der Waals surface area contributed by atoms with Crippen LogP contribution in [-0.4, -0.2) is 44.8 Å². The van der Waals surface area contributed by atoms with E-state index in [1.54, 1.807) is 12.3 Å². The van der Waals surface area contributed by atoms with Gasteiger partial charge in [-0.3, -0.25) is 4.90 Å². The van der Waals surface area contributed by atoms with Crippen molar-refractivity contribution >= 4 is 11.1 Å². The largest absolute Gasteiger partial charge is 0.504 e. The van der Waals surface area contributed by atoms with Gasteiger partial charge >= 0.3 is 0 Å². The Morgan fingerprint density at radius 2 is 2.13 bits per heavy atom. The second-order valence-electron chi connectivity index (χ2n) is 10.2. The molecule has 4 atom stereocenters. The molecular weight excluding hydrogens is 392 g/mol. The number of hydrogen-bond acceptors (Lipinski definition) is 6. The van der Waals surface area contributed by atoms with E-state index in [2.05, 4.69) is 9.88 Å². The van der Waals surface area contributed by atoms with Crippen LogP contribution in [0.4, 0.5) is 0 Å². The van der Waals surface area contributed by atoms with Gasteiger partial charge in [-0.15, -0.1) is 0 Å². The number of rotatable bonds is 2. The number of pyridine rings is 1. The summed E-state index contributed by atoms with van der Waals surface area (Å²) < 4.78 is 12.8. The lowest BCUT2D eigenvalue weighted by molar-refractivity contribution is -0.175. The molecule has 2 aromatic heterocycles. The monoisotopic (exact) mass is 416 g/mol. The van der Waals surface area contributed by atoms with E-state index in [1.165, 1.54) is 18.4 Å². The van der Waals surface area contributed by atoms with Crippen molar-refractivity contribution in [1.82, 2.24) is 9.88 Å². The van der Waals surface area contributed by atoms with Crippen molar-refractivity contribution in [2.45, 2.75) is 55.3 Å². The van der Waals surface area contributed by atoms with E-state index in [9.17, 15) is 10.2 Å². The van der Waals surface area contributed by atoms with Crippen LogP contribution in [0.1, 0.15) is 47.8 Å². The molecule has 1 saturated heterocycles. The molecule has 1 spiro atoms. The second kappa shape index (κ2) is 5.25. The number of fused-ring (bicyclic) bond motifs is 4. The highest BCUT2D eigenvalue weighted by atomic mass is 16.5. The molecule has 2 aliphatic heterocycles. The molecule has 0 radical (unpaired) electrons. The molecule has 2 N–H and O–H groups in total. The van der Waals surface area contributed by atoms with Crippen LogP contribution in [0.25, 0.3) is 11.1 Å². The smallest absolute Gasteiger partial charge is 0.226 e. The van der Waals surface area contributed by atoms with Crippen LogP contribution in [-0.2, 0) is 18.3 Å². The first-order valence-corrected chi connectivity index (χ1v) is 11.4. The maximum absolute atomic E-state index is 12.7. The average Bonchev–Trinajstić information content (AvgIpc) is 3.40. The molecule has 1 aromatic carbocycles. The molecule has 6 nitrogen and oxygen atoms in total. The molecule has 4 heterocycles. The topological polar surface area (TPSA) is 79.0 Å². The third-order valence-corrected chi connectivity index (χ3v) is 8.80. The number of aromatic hydroxyl groups is 1. The van der Waals surface area contributed by atoms with Gasteiger partial charge in [0.15, 0.2) is 23.4 Å². The van der Waals surface area contributed by atoms with Crippen molar-refractivity contribution in [3.05, 3.63) is 52.9 Å². The summed E-state index contributed by atoms with van der Waals surface area (Å²) >= 11 is 0. The Hall–Kier alpha value is -2.57. The van der Waals surface area contributed by atoms with Crippen molar-refractivity contribution in [3.8, 4) is 11.5 Å². The Kier molecular flexibility index (Phi) is 2.88. The lowest BCUT2D eigenvalue weighted by atomic mass is 9.49. The number of hydrogen-bond donors (Lipinski definition) is 2. The lowest BCUT2D eigenvalue weighted by Gasteiger charge is -2.62. The van der Waals surface area contributed by atoms with E-state index in [1.807, 2.05) is 18.2 Å². The number of piperidine rings is 1. The summed E-state index contributed by atoms with van der Waals surface area (Å²) in [6.07, 6.45) is 6.01. The zero-order chi connectivity index (χ0) is 20.5. The first-order valence-electron chi connectivity index (χ1n) is 11.4. The maximum atomic E-state index is 12.7.